The predicted octanol–water partition coefficient (Wildman–Crippen LogP) is 5.28. The van der Waals surface area contributed by atoms with Crippen molar-refractivity contribution in [2.75, 3.05) is 10.6 Å². The number of aryl methyl sites for hydroxylation is 2. The summed E-state index contributed by atoms with van der Waals surface area (Å²) in [6, 6.07) is 11.4. The Bertz CT molecular complexity index is 842. The lowest BCUT2D eigenvalue weighted by Gasteiger charge is -2.10. The minimum absolute atomic E-state index is 0.305. The molecule has 0 saturated heterocycles. The topological polar surface area (TPSA) is 62.7 Å². The molecule has 0 aliphatic rings. The van der Waals surface area contributed by atoms with Crippen molar-refractivity contribution in [1.82, 2.24) is 15.2 Å². The molecule has 2 N–H and O–H groups in total. The number of benzene rings is 2. The van der Waals surface area contributed by atoms with Crippen molar-refractivity contribution >= 4 is 46.3 Å². The normalized spacial score (nSPS) is 10.5. The predicted molar refractivity (Wildman–Crippen MR) is 98.8 cm³/mol. The van der Waals surface area contributed by atoms with Gasteiger partial charge in [-0.15, -0.1) is 5.10 Å². The molecule has 5 nitrogen and oxygen atoms in total. The van der Waals surface area contributed by atoms with Gasteiger partial charge in [-0.25, -0.2) is 0 Å². The van der Waals surface area contributed by atoms with Crippen LogP contribution in [0, 0.1) is 13.8 Å². The van der Waals surface area contributed by atoms with Crippen molar-refractivity contribution in [3.8, 4) is 0 Å². The zero-order chi connectivity index (χ0) is 17.1. The van der Waals surface area contributed by atoms with E-state index in [4.69, 9.17) is 23.2 Å². The maximum absolute atomic E-state index is 6.15. The molecule has 0 saturated carbocycles. The second kappa shape index (κ2) is 7.03. The van der Waals surface area contributed by atoms with E-state index in [1.807, 2.05) is 26.0 Å². The van der Waals surface area contributed by atoms with Gasteiger partial charge in [0.05, 0.1) is 21.9 Å². The van der Waals surface area contributed by atoms with Crippen molar-refractivity contribution < 1.29 is 0 Å². The number of rotatable bonds is 4. The van der Waals surface area contributed by atoms with E-state index in [0.29, 0.717) is 27.5 Å². The van der Waals surface area contributed by atoms with E-state index in [0.717, 1.165) is 5.69 Å². The summed E-state index contributed by atoms with van der Waals surface area (Å²) in [5, 5.41) is 15.1. The highest BCUT2D eigenvalue weighted by atomic mass is 35.5. The Kier molecular flexibility index (Phi) is 4.83. The molecule has 0 spiro atoms. The molecule has 1 heterocycles. The summed E-state index contributed by atoms with van der Waals surface area (Å²) in [6.45, 7) is 4.09. The number of nitrogens with one attached hydrogen (secondary N) is 2. The van der Waals surface area contributed by atoms with E-state index in [-0.39, 0.29) is 0 Å². The van der Waals surface area contributed by atoms with Crippen LogP contribution in [0.5, 0.6) is 0 Å². The molecule has 0 unspecified atom stereocenters. The van der Waals surface area contributed by atoms with E-state index in [2.05, 4.69) is 31.9 Å². The van der Waals surface area contributed by atoms with E-state index in [1.54, 1.807) is 24.4 Å². The van der Waals surface area contributed by atoms with Gasteiger partial charge in [-0.3, -0.25) is 0 Å². The van der Waals surface area contributed by atoms with Gasteiger partial charge >= 0.3 is 0 Å². The van der Waals surface area contributed by atoms with E-state index in [9.17, 15) is 0 Å². The molecule has 2 aromatic carbocycles. The van der Waals surface area contributed by atoms with Crippen LogP contribution in [0.15, 0.2) is 42.6 Å². The average Bonchev–Trinajstić information content (AvgIpc) is 2.50. The van der Waals surface area contributed by atoms with Gasteiger partial charge < -0.3 is 10.6 Å². The summed E-state index contributed by atoms with van der Waals surface area (Å²) in [4.78, 5) is 4.39. The number of halogens is 2. The summed E-state index contributed by atoms with van der Waals surface area (Å²) in [6.07, 6.45) is 1.55. The SMILES string of the molecule is Cc1cc(C)cc(Nc2cnnc(Nc3c(Cl)cccc3Cl)n2)c1. The fourth-order valence-electron chi connectivity index (χ4n) is 2.34. The van der Waals surface area contributed by atoms with Crippen molar-refractivity contribution in [1.29, 1.82) is 0 Å². The van der Waals surface area contributed by atoms with Crippen LogP contribution in [0.1, 0.15) is 11.1 Å². The Morgan fingerprint density at radius 3 is 2.25 bits per heavy atom. The van der Waals surface area contributed by atoms with Crippen LogP contribution in [0.2, 0.25) is 10.0 Å². The first kappa shape index (κ1) is 16.5. The monoisotopic (exact) mass is 359 g/mol. The zero-order valence-corrected chi connectivity index (χ0v) is 14.7. The summed E-state index contributed by atoms with van der Waals surface area (Å²) < 4.78 is 0. The minimum Gasteiger partial charge on any atom is -0.339 e. The van der Waals surface area contributed by atoms with E-state index >= 15 is 0 Å². The maximum Gasteiger partial charge on any atom is 0.249 e. The molecule has 0 bridgehead atoms. The Morgan fingerprint density at radius 1 is 0.917 bits per heavy atom. The van der Waals surface area contributed by atoms with Crippen molar-refractivity contribution in [3.05, 3.63) is 63.8 Å². The Hall–Kier alpha value is -2.37. The Balaban J connectivity index is 1.84. The van der Waals surface area contributed by atoms with Crippen LogP contribution >= 0.6 is 23.2 Å². The lowest BCUT2D eigenvalue weighted by molar-refractivity contribution is 0.982. The quantitative estimate of drug-likeness (QED) is 0.663. The summed E-state index contributed by atoms with van der Waals surface area (Å²) in [5.41, 5.74) is 3.82. The number of aromatic nitrogens is 3. The molecule has 7 heteroatoms. The van der Waals surface area contributed by atoms with E-state index in [1.165, 1.54) is 11.1 Å². The third-order valence-corrected chi connectivity index (χ3v) is 3.88. The molecular formula is C17H15Cl2N5. The summed E-state index contributed by atoms with van der Waals surface area (Å²) in [5.74, 6) is 0.875. The van der Waals surface area contributed by atoms with Gasteiger partial charge in [0.15, 0.2) is 5.82 Å². The van der Waals surface area contributed by atoms with Gasteiger partial charge in [-0.1, -0.05) is 35.3 Å². The number of hydrogen-bond acceptors (Lipinski definition) is 5. The van der Waals surface area contributed by atoms with Crippen molar-refractivity contribution in [2.45, 2.75) is 13.8 Å². The second-order valence-electron chi connectivity index (χ2n) is 5.39. The molecule has 0 radical (unpaired) electrons. The van der Waals surface area contributed by atoms with Gasteiger partial charge in [0.25, 0.3) is 0 Å². The van der Waals surface area contributed by atoms with Gasteiger partial charge in [-0.05, 0) is 49.2 Å². The van der Waals surface area contributed by atoms with Crippen LogP contribution < -0.4 is 10.6 Å². The van der Waals surface area contributed by atoms with E-state index < -0.39 is 0 Å². The highest BCUT2D eigenvalue weighted by Gasteiger charge is 2.08. The van der Waals surface area contributed by atoms with Crippen LogP contribution in [0.3, 0.4) is 0 Å². The number of para-hydroxylation sites is 1. The zero-order valence-electron chi connectivity index (χ0n) is 13.1. The molecule has 24 heavy (non-hydrogen) atoms. The van der Waals surface area contributed by atoms with Gasteiger partial charge in [0.1, 0.15) is 0 Å². The molecular weight excluding hydrogens is 345 g/mol. The molecule has 0 amide bonds. The van der Waals surface area contributed by atoms with Crippen LogP contribution in [0.4, 0.5) is 23.1 Å². The lowest BCUT2D eigenvalue weighted by atomic mass is 10.1. The molecule has 0 aliphatic carbocycles. The Labute approximate surface area is 150 Å². The smallest absolute Gasteiger partial charge is 0.249 e. The van der Waals surface area contributed by atoms with Gasteiger partial charge in [0.2, 0.25) is 5.95 Å². The highest BCUT2D eigenvalue weighted by Crippen LogP contribution is 2.31. The molecule has 1 aromatic heterocycles. The van der Waals surface area contributed by atoms with Gasteiger partial charge in [0, 0.05) is 5.69 Å². The third kappa shape index (κ3) is 3.93. The fraction of sp³-hybridized carbons (Fsp3) is 0.118. The molecule has 3 rings (SSSR count). The molecule has 0 atom stereocenters. The van der Waals surface area contributed by atoms with Crippen molar-refractivity contribution in [3.63, 3.8) is 0 Å². The van der Waals surface area contributed by atoms with Crippen LogP contribution in [0.25, 0.3) is 0 Å². The average molecular weight is 360 g/mol. The van der Waals surface area contributed by atoms with Gasteiger partial charge in [-0.2, -0.15) is 10.1 Å². The third-order valence-electron chi connectivity index (χ3n) is 3.25. The molecule has 0 fully saturated rings. The highest BCUT2D eigenvalue weighted by molar-refractivity contribution is 6.39. The summed E-state index contributed by atoms with van der Waals surface area (Å²) >= 11 is 12.3. The summed E-state index contributed by atoms with van der Waals surface area (Å²) in [7, 11) is 0. The fourth-order valence-corrected chi connectivity index (χ4v) is 2.83. The molecule has 0 aliphatic heterocycles. The van der Waals surface area contributed by atoms with Crippen molar-refractivity contribution in [2.24, 2.45) is 0 Å². The number of hydrogen-bond donors (Lipinski definition) is 2. The molecule has 122 valence electrons. The maximum atomic E-state index is 6.15. The second-order valence-corrected chi connectivity index (χ2v) is 6.20. The van der Waals surface area contributed by atoms with Crippen LogP contribution in [-0.4, -0.2) is 15.2 Å². The Morgan fingerprint density at radius 2 is 1.58 bits per heavy atom. The standard InChI is InChI=1S/C17H15Cl2N5/c1-10-6-11(2)8-12(7-10)21-15-9-20-24-17(22-15)23-16-13(18)4-3-5-14(16)19/h3-9H,1-2H3,(H2,21,22,23,24). The minimum atomic E-state index is 0.305. The molecule has 3 aromatic rings. The van der Waals surface area contributed by atoms with Crippen LogP contribution in [-0.2, 0) is 0 Å². The first-order valence-electron chi connectivity index (χ1n) is 7.27. The largest absolute Gasteiger partial charge is 0.339 e. The first-order valence-corrected chi connectivity index (χ1v) is 8.03. The first-order chi connectivity index (χ1) is 11.5. The number of nitrogens with zero attached hydrogens (tertiary/aromatic N) is 3. The number of anilines is 4. The lowest BCUT2D eigenvalue weighted by Crippen LogP contribution is -2.03.